The molecule has 2 nitrogen and oxygen atoms in total. The SMILES string of the molecule is COc1ccc(C(=O)C2CC2(C)C)cc1. The fraction of sp³-hybridized carbons (Fsp3) is 0.462. The first-order valence-electron chi connectivity index (χ1n) is 5.23. The molecule has 2 rings (SSSR count). The van der Waals surface area contributed by atoms with Crippen LogP contribution >= 0.6 is 0 Å². The van der Waals surface area contributed by atoms with Crippen molar-refractivity contribution in [3.05, 3.63) is 29.8 Å². The number of hydrogen-bond donors (Lipinski definition) is 0. The Balaban J connectivity index is 2.13. The van der Waals surface area contributed by atoms with Gasteiger partial charge in [0.25, 0.3) is 0 Å². The van der Waals surface area contributed by atoms with E-state index in [4.69, 9.17) is 4.74 Å². The molecular formula is C13H16O2. The highest BCUT2D eigenvalue weighted by molar-refractivity contribution is 6.00. The van der Waals surface area contributed by atoms with Crippen LogP contribution in [0.4, 0.5) is 0 Å². The van der Waals surface area contributed by atoms with Crippen LogP contribution in [-0.2, 0) is 0 Å². The van der Waals surface area contributed by atoms with E-state index in [2.05, 4.69) is 13.8 Å². The summed E-state index contributed by atoms with van der Waals surface area (Å²) in [6, 6.07) is 7.36. The molecule has 2 heteroatoms. The Morgan fingerprint density at radius 2 is 1.87 bits per heavy atom. The molecule has 0 bridgehead atoms. The van der Waals surface area contributed by atoms with Crippen LogP contribution in [0.5, 0.6) is 5.75 Å². The number of Topliss-reactive ketones (excluding diaryl/α,β-unsaturated/α-hetero) is 1. The molecule has 0 saturated heterocycles. The van der Waals surface area contributed by atoms with E-state index < -0.39 is 0 Å². The van der Waals surface area contributed by atoms with Crippen LogP contribution in [0.25, 0.3) is 0 Å². The molecule has 0 aliphatic heterocycles. The topological polar surface area (TPSA) is 26.3 Å². The predicted octanol–water partition coefficient (Wildman–Crippen LogP) is 2.92. The summed E-state index contributed by atoms with van der Waals surface area (Å²) >= 11 is 0. The fourth-order valence-electron chi connectivity index (χ4n) is 1.87. The van der Waals surface area contributed by atoms with Crippen LogP contribution in [0.3, 0.4) is 0 Å². The van der Waals surface area contributed by atoms with Crippen molar-refractivity contribution in [2.45, 2.75) is 20.3 Å². The molecule has 1 saturated carbocycles. The van der Waals surface area contributed by atoms with Gasteiger partial charge in [0.05, 0.1) is 7.11 Å². The van der Waals surface area contributed by atoms with Gasteiger partial charge in [0, 0.05) is 11.5 Å². The number of hydrogen-bond acceptors (Lipinski definition) is 2. The van der Waals surface area contributed by atoms with Gasteiger partial charge in [-0.3, -0.25) is 4.79 Å². The number of rotatable bonds is 3. The highest BCUT2D eigenvalue weighted by Gasteiger charge is 2.50. The van der Waals surface area contributed by atoms with Gasteiger partial charge in [-0.05, 0) is 36.1 Å². The molecule has 0 amide bonds. The van der Waals surface area contributed by atoms with E-state index in [1.807, 2.05) is 24.3 Å². The zero-order valence-electron chi connectivity index (χ0n) is 9.41. The molecule has 1 unspecified atom stereocenters. The van der Waals surface area contributed by atoms with Crippen LogP contribution in [0.15, 0.2) is 24.3 Å². The molecule has 0 spiro atoms. The normalized spacial score (nSPS) is 22.2. The molecule has 0 heterocycles. The molecular weight excluding hydrogens is 188 g/mol. The lowest BCUT2D eigenvalue weighted by Crippen LogP contribution is -2.06. The molecule has 1 atom stereocenters. The minimum absolute atomic E-state index is 0.205. The Morgan fingerprint density at radius 3 is 2.27 bits per heavy atom. The van der Waals surface area contributed by atoms with E-state index in [-0.39, 0.29) is 17.1 Å². The van der Waals surface area contributed by atoms with Crippen LogP contribution in [-0.4, -0.2) is 12.9 Å². The van der Waals surface area contributed by atoms with Crippen LogP contribution in [0, 0.1) is 11.3 Å². The third kappa shape index (κ3) is 1.89. The summed E-state index contributed by atoms with van der Waals surface area (Å²) in [5, 5.41) is 0. The molecule has 1 aliphatic rings. The number of ketones is 1. The van der Waals surface area contributed by atoms with E-state index in [1.54, 1.807) is 7.11 Å². The summed E-state index contributed by atoms with van der Waals surface area (Å²) in [7, 11) is 1.63. The summed E-state index contributed by atoms with van der Waals surface area (Å²) in [6.07, 6.45) is 1.01. The van der Waals surface area contributed by atoms with Crippen molar-refractivity contribution >= 4 is 5.78 Å². The second kappa shape index (κ2) is 3.37. The number of benzene rings is 1. The first-order valence-corrected chi connectivity index (χ1v) is 5.23. The van der Waals surface area contributed by atoms with Crippen LogP contribution < -0.4 is 4.74 Å². The van der Waals surface area contributed by atoms with Gasteiger partial charge >= 0.3 is 0 Å². The zero-order valence-corrected chi connectivity index (χ0v) is 9.41. The van der Waals surface area contributed by atoms with Gasteiger partial charge in [0.2, 0.25) is 0 Å². The maximum absolute atomic E-state index is 12.0. The van der Waals surface area contributed by atoms with Crippen LogP contribution in [0.2, 0.25) is 0 Å². The van der Waals surface area contributed by atoms with Crippen LogP contribution in [0.1, 0.15) is 30.6 Å². The van der Waals surface area contributed by atoms with E-state index >= 15 is 0 Å². The second-order valence-corrected chi connectivity index (χ2v) is 4.84. The summed E-state index contributed by atoms with van der Waals surface area (Å²) in [6.45, 7) is 4.28. The molecule has 1 aromatic rings. The van der Waals surface area contributed by atoms with Gasteiger partial charge in [0.15, 0.2) is 5.78 Å². The van der Waals surface area contributed by atoms with Crippen molar-refractivity contribution < 1.29 is 9.53 Å². The van der Waals surface area contributed by atoms with Gasteiger partial charge in [-0.25, -0.2) is 0 Å². The fourth-order valence-corrected chi connectivity index (χ4v) is 1.87. The predicted molar refractivity (Wildman–Crippen MR) is 59.2 cm³/mol. The van der Waals surface area contributed by atoms with Crippen molar-refractivity contribution in [3.63, 3.8) is 0 Å². The van der Waals surface area contributed by atoms with Crippen molar-refractivity contribution in [1.82, 2.24) is 0 Å². The molecule has 15 heavy (non-hydrogen) atoms. The lowest BCUT2D eigenvalue weighted by molar-refractivity contribution is 0.0953. The molecule has 1 aliphatic carbocycles. The molecule has 0 radical (unpaired) electrons. The first kappa shape index (κ1) is 10.2. The summed E-state index contributed by atoms with van der Waals surface area (Å²) in [5.41, 5.74) is 1.00. The molecule has 0 N–H and O–H groups in total. The number of carbonyl (C=O) groups excluding carboxylic acids is 1. The molecule has 1 aromatic carbocycles. The van der Waals surface area contributed by atoms with Crippen molar-refractivity contribution in [2.75, 3.05) is 7.11 Å². The van der Waals surface area contributed by atoms with Crippen molar-refractivity contribution in [3.8, 4) is 5.75 Å². The second-order valence-electron chi connectivity index (χ2n) is 4.84. The van der Waals surface area contributed by atoms with E-state index in [1.165, 1.54) is 0 Å². The van der Waals surface area contributed by atoms with Gasteiger partial charge in [-0.15, -0.1) is 0 Å². The Labute approximate surface area is 90.3 Å². The largest absolute Gasteiger partial charge is 0.497 e. The third-order valence-corrected chi connectivity index (χ3v) is 3.20. The minimum atomic E-state index is 0.205. The number of carbonyl (C=O) groups is 1. The Hall–Kier alpha value is -1.31. The smallest absolute Gasteiger partial charge is 0.166 e. The maximum Gasteiger partial charge on any atom is 0.166 e. The number of ether oxygens (including phenoxy) is 1. The zero-order chi connectivity index (χ0) is 11.1. The third-order valence-electron chi connectivity index (χ3n) is 3.20. The summed E-state index contributed by atoms with van der Waals surface area (Å²) in [4.78, 5) is 12.0. The average molecular weight is 204 g/mol. The Morgan fingerprint density at radius 1 is 1.33 bits per heavy atom. The first-order chi connectivity index (χ1) is 7.04. The standard InChI is InChI=1S/C13H16O2/c1-13(2)8-11(13)12(14)9-4-6-10(15-3)7-5-9/h4-7,11H,8H2,1-3H3. The van der Waals surface area contributed by atoms with Gasteiger partial charge in [0.1, 0.15) is 5.75 Å². The van der Waals surface area contributed by atoms with Gasteiger partial charge in [-0.2, -0.15) is 0 Å². The molecule has 0 aromatic heterocycles. The van der Waals surface area contributed by atoms with E-state index in [0.717, 1.165) is 17.7 Å². The Kier molecular flexibility index (Phi) is 2.29. The lowest BCUT2D eigenvalue weighted by atomic mass is 10.0. The monoisotopic (exact) mass is 204 g/mol. The highest BCUT2D eigenvalue weighted by Crippen LogP contribution is 2.53. The van der Waals surface area contributed by atoms with Crippen molar-refractivity contribution in [1.29, 1.82) is 0 Å². The highest BCUT2D eigenvalue weighted by atomic mass is 16.5. The summed E-state index contributed by atoms with van der Waals surface area (Å²) < 4.78 is 5.05. The van der Waals surface area contributed by atoms with E-state index in [9.17, 15) is 4.79 Å². The van der Waals surface area contributed by atoms with E-state index in [0.29, 0.717) is 0 Å². The molecule has 80 valence electrons. The lowest BCUT2D eigenvalue weighted by Gasteiger charge is -2.04. The van der Waals surface area contributed by atoms with Gasteiger partial charge < -0.3 is 4.74 Å². The maximum atomic E-state index is 12.0. The summed E-state index contributed by atoms with van der Waals surface area (Å²) in [5.74, 6) is 1.27. The Bertz CT molecular complexity index is 376. The minimum Gasteiger partial charge on any atom is -0.497 e. The quantitative estimate of drug-likeness (QED) is 0.707. The number of methoxy groups -OCH3 is 1. The van der Waals surface area contributed by atoms with Gasteiger partial charge in [-0.1, -0.05) is 13.8 Å². The van der Waals surface area contributed by atoms with Crippen molar-refractivity contribution in [2.24, 2.45) is 11.3 Å². The average Bonchev–Trinajstić information content (AvgIpc) is 2.87. The molecule has 1 fully saturated rings.